The molecule has 3 atom stereocenters. The molecule has 1 aromatic carbocycles. The lowest BCUT2D eigenvalue weighted by molar-refractivity contribution is -0.165. The van der Waals surface area contributed by atoms with Gasteiger partial charge in [0.05, 0.1) is 5.60 Å². The molecule has 0 radical (unpaired) electrons. The summed E-state index contributed by atoms with van der Waals surface area (Å²) >= 11 is 6.11. The highest BCUT2D eigenvalue weighted by atomic mass is 35.5. The van der Waals surface area contributed by atoms with Gasteiger partial charge in [-0.05, 0) is 38.9 Å². The summed E-state index contributed by atoms with van der Waals surface area (Å²) in [6.07, 6.45) is -3.53. The molecule has 11 heteroatoms. The quantitative estimate of drug-likeness (QED) is 0.328. The van der Waals surface area contributed by atoms with Crippen LogP contribution in [0.2, 0.25) is 5.02 Å². The number of halogens is 2. The average Bonchev–Trinajstić information content (AvgIpc) is 3.16. The molecule has 6 N–H and O–H groups in total. The van der Waals surface area contributed by atoms with Crippen LogP contribution in [0.3, 0.4) is 0 Å². The van der Waals surface area contributed by atoms with Gasteiger partial charge in [-0.25, -0.2) is 14.0 Å². The number of carbonyl (C=O) groups is 2. The lowest BCUT2D eigenvalue weighted by Gasteiger charge is -2.33. The van der Waals surface area contributed by atoms with Crippen molar-refractivity contribution in [3.8, 4) is 0 Å². The maximum atomic E-state index is 13.9. The Morgan fingerprint density at radius 3 is 2.23 bits per heavy atom. The summed E-state index contributed by atoms with van der Waals surface area (Å²) in [6, 6.07) is 5.04. The first-order valence-electron chi connectivity index (χ1n) is 9.25. The molecule has 1 heterocycles. The van der Waals surface area contributed by atoms with Gasteiger partial charge in [-0.1, -0.05) is 17.7 Å². The van der Waals surface area contributed by atoms with Gasteiger partial charge < -0.3 is 30.8 Å². The fourth-order valence-electron chi connectivity index (χ4n) is 2.92. The minimum Gasteiger partial charge on any atom is -0.479 e. The zero-order valence-electron chi connectivity index (χ0n) is 16.8. The lowest BCUT2D eigenvalue weighted by atomic mass is 10.1. The maximum absolute atomic E-state index is 13.9. The van der Waals surface area contributed by atoms with E-state index in [4.69, 9.17) is 32.0 Å². The standard InChI is InChI=1S/C15H22ClFN2O.C4H6O6/c1-15(2,20)10-19(11-6-7-18-8-11)9-12-13(16)4-3-5-14(12)17;5-1(3(7)8)2(6)4(9)10/h3-5,11,18,20H,6-10H2,1-2H3;1-2,5-6H,(H,7,8)(H,9,10)/t11-;1-,2-/m01/s1. The van der Waals surface area contributed by atoms with E-state index in [1.165, 1.54) is 6.07 Å². The highest BCUT2D eigenvalue weighted by molar-refractivity contribution is 6.31. The number of nitrogens with zero attached hydrogens (tertiary/aromatic N) is 1. The van der Waals surface area contributed by atoms with Crippen molar-refractivity contribution in [3.63, 3.8) is 0 Å². The summed E-state index contributed by atoms with van der Waals surface area (Å²) in [4.78, 5) is 21.7. The Labute approximate surface area is 178 Å². The number of aliphatic hydroxyl groups excluding tert-OH is 2. The third-order valence-corrected chi connectivity index (χ3v) is 4.72. The van der Waals surface area contributed by atoms with Crippen LogP contribution in [0.25, 0.3) is 0 Å². The van der Waals surface area contributed by atoms with Crippen molar-refractivity contribution in [1.29, 1.82) is 0 Å². The number of aliphatic hydroxyl groups is 3. The van der Waals surface area contributed by atoms with Crippen molar-refractivity contribution in [2.75, 3.05) is 19.6 Å². The van der Waals surface area contributed by atoms with E-state index < -0.39 is 29.7 Å². The van der Waals surface area contributed by atoms with E-state index >= 15 is 0 Å². The fraction of sp³-hybridized carbons (Fsp3) is 0.579. The van der Waals surface area contributed by atoms with Gasteiger partial charge in [0.25, 0.3) is 0 Å². The highest BCUT2D eigenvalue weighted by Crippen LogP contribution is 2.24. The molecule has 1 aliphatic heterocycles. The number of hydrogen-bond donors (Lipinski definition) is 6. The molecule has 1 aromatic rings. The van der Waals surface area contributed by atoms with Gasteiger partial charge in [-0.2, -0.15) is 0 Å². The van der Waals surface area contributed by atoms with Crippen LogP contribution >= 0.6 is 11.6 Å². The Kier molecular flexibility index (Phi) is 10.1. The Morgan fingerprint density at radius 1 is 1.27 bits per heavy atom. The summed E-state index contributed by atoms with van der Waals surface area (Å²) in [6.45, 7) is 6.27. The Hall–Kier alpha value is -1.82. The third kappa shape index (κ3) is 8.50. The molecular weight excluding hydrogens is 423 g/mol. The number of hydrogen-bond acceptors (Lipinski definition) is 7. The van der Waals surface area contributed by atoms with E-state index in [1.807, 2.05) is 0 Å². The van der Waals surface area contributed by atoms with Crippen LogP contribution in [0, 0.1) is 5.82 Å². The molecule has 1 saturated heterocycles. The predicted octanol–water partition coefficient (Wildman–Crippen LogP) is 0.291. The number of benzene rings is 1. The van der Waals surface area contributed by atoms with Gasteiger partial charge in [-0.15, -0.1) is 0 Å². The van der Waals surface area contributed by atoms with Crippen LogP contribution in [0.15, 0.2) is 18.2 Å². The molecule has 0 amide bonds. The van der Waals surface area contributed by atoms with Crippen molar-refractivity contribution < 1.29 is 39.5 Å². The van der Waals surface area contributed by atoms with E-state index in [-0.39, 0.29) is 5.82 Å². The first kappa shape index (κ1) is 26.2. The maximum Gasteiger partial charge on any atom is 0.335 e. The molecule has 170 valence electrons. The first-order valence-corrected chi connectivity index (χ1v) is 9.63. The molecule has 0 aromatic heterocycles. The van der Waals surface area contributed by atoms with Crippen LogP contribution in [0.5, 0.6) is 0 Å². The van der Waals surface area contributed by atoms with Crippen molar-refractivity contribution in [3.05, 3.63) is 34.6 Å². The van der Waals surface area contributed by atoms with Crippen LogP contribution in [0.4, 0.5) is 4.39 Å². The van der Waals surface area contributed by atoms with Crippen LogP contribution < -0.4 is 5.32 Å². The fourth-order valence-corrected chi connectivity index (χ4v) is 3.14. The largest absolute Gasteiger partial charge is 0.479 e. The first-order chi connectivity index (χ1) is 13.8. The van der Waals surface area contributed by atoms with Gasteiger partial charge >= 0.3 is 11.9 Å². The molecule has 0 bridgehead atoms. The molecule has 1 fully saturated rings. The Morgan fingerprint density at radius 2 is 1.83 bits per heavy atom. The molecule has 0 saturated carbocycles. The molecule has 9 nitrogen and oxygen atoms in total. The van der Waals surface area contributed by atoms with E-state index in [2.05, 4.69) is 10.2 Å². The van der Waals surface area contributed by atoms with E-state index in [0.29, 0.717) is 29.7 Å². The second-order valence-electron chi connectivity index (χ2n) is 7.63. The number of carboxylic acids is 2. The van der Waals surface area contributed by atoms with Crippen molar-refractivity contribution in [1.82, 2.24) is 10.2 Å². The van der Waals surface area contributed by atoms with E-state index in [9.17, 15) is 19.1 Å². The molecule has 1 aliphatic rings. The average molecular weight is 451 g/mol. The Balaban J connectivity index is 0.000000382. The van der Waals surface area contributed by atoms with Crippen LogP contribution in [0.1, 0.15) is 25.8 Å². The summed E-state index contributed by atoms with van der Waals surface area (Å²) in [5.74, 6) is -3.82. The van der Waals surface area contributed by atoms with E-state index in [1.54, 1.807) is 26.0 Å². The molecule has 0 unspecified atom stereocenters. The molecule has 0 aliphatic carbocycles. The smallest absolute Gasteiger partial charge is 0.335 e. The summed E-state index contributed by atoms with van der Waals surface area (Å²) < 4.78 is 13.9. The lowest BCUT2D eigenvalue weighted by Crippen LogP contribution is -2.45. The molecule has 30 heavy (non-hydrogen) atoms. The molecule has 0 spiro atoms. The topological polar surface area (TPSA) is 151 Å². The van der Waals surface area contributed by atoms with E-state index in [0.717, 1.165) is 19.5 Å². The van der Waals surface area contributed by atoms with Gasteiger partial charge in [0.2, 0.25) is 0 Å². The highest BCUT2D eigenvalue weighted by Gasteiger charge is 2.29. The number of carboxylic acid groups (broad SMARTS) is 2. The van der Waals surface area contributed by atoms with Gasteiger partial charge in [0.1, 0.15) is 5.82 Å². The Bertz CT molecular complexity index is 685. The van der Waals surface area contributed by atoms with Crippen molar-refractivity contribution in [2.45, 2.75) is 50.7 Å². The number of aliphatic carboxylic acids is 2. The van der Waals surface area contributed by atoms with Crippen molar-refractivity contribution >= 4 is 23.5 Å². The molecular formula is C19H28ClFN2O7. The predicted molar refractivity (Wildman–Crippen MR) is 107 cm³/mol. The SMILES string of the molecule is CC(C)(O)CN(Cc1c(F)cccc1Cl)[C@H]1CCNC1.O=C(O)[C@H](O)[C@@H](O)C(=O)O. The van der Waals surface area contributed by atoms with Crippen LogP contribution in [-0.4, -0.2) is 85.9 Å². The van der Waals surface area contributed by atoms with Gasteiger partial charge in [0, 0.05) is 36.3 Å². The van der Waals surface area contributed by atoms with Gasteiger partial charge in [0.15, 0.2) is 12.2 Å². The minimum absolute atomic E-state index is 0.288. The summed E-state index contributed by atoms with van der Waals surface area (Å²) in [5, 5.41) is 46.3. The normalized spacial score (nSPS) is 18.5. The third-order valence-electron chi connectivity index (χ3n) is 4.37. The summed E-state index contributed by atoms with van der Waals surface area (Å²) in [7, 11) is 0. The zero-order valence-corrected chi connectivity index (χ0v) is 17.5. The van der Waals surface area contributed by atoms with Crippen molar-refractivity contribution in [2.24, 2.45) is 0 Å². The zero-order chi connectivity index (χ0) is 23.1. The number of nitrogens with one attached hydrogen (secondary N) is 1. The molecule has 2 rings (SSSR count). The van der Waals surface area contributed by atoms with Gasteiger partial charge in [-0.3, -0.25) is 4.90 Å². The monoisotopic (exact) mass is 450 g/mol. The number of rotatable bonds is 8. The summed E-state index contributed by atoms with van der Waals surface area (Å²) in [5.41, 5.74) is -0.314. The second kappa shape index (κ2) is 11.5. The van der Waals surface area contributed by atoms with Crippen LogP contribution in [-0.2, 0) is 16.1 Å². The minimum atomic E-state index is -2.27. The second-order valence-corrected chi connectivity index (χ2v) is 8.04.